The minimum Gasteiger partial charge on any atom is -0.327 e. The van der Waals surface area contributed by atoms with Gasteiger partial charge in [0.05, 0.1) is 10.5 Å². The summed E-state index contributed by atoms with van der Waals surface area (Å²) in [6, 6.07) is 0. The van der Waals surface area contributed by atoms with Crippen LogP contribution in [0, 0.1) is 5.92 Å². The fourth-order valence-electron chi connectivity index (χ4n) is 1.69. The van der Waals surface area contributed by atoms with Crippen LogP contribution < -0.4 is 5.73 Å². The monoisotopic (exact) mass is 203 g/mol. The first-order valence-electron chi connectivity index (χ1n) is 4.51. The molecule has 1 saturated heterocycles. The molecule has 0 bridgehead atoms. The van der Waals surface area contributed by atoms with E-state index in [-0.39, 0.29) is 5.92 Å². The van der Waals surface area contributed by atoms with Crippen molar-refractivity contribution < 1.29 is 8.42 Å². The molecule has 0 spiro atoms. The standard InChI is InChI=1S/C9H17NO2S/c1-9(2)8(4-3-6-10)5-7-13(9,11)12/h3-4,8H,5-7,10H2,1-2H3/b4-3+. The summed E-state index contributed by atoms with van der Waals surface area (Å²) < 4.78 is 22.6. The quantitative estimate of drug-likeness (QED) is 0.673. The first-order valence-corrected chi connectivity index (χ1v) is 6.16. The zero-order valence-electron chi connectivity index (χ0n) is 8.16. The molecule has 1 fully saturated rings. The molecule has 0 aromatic heterocycles. The van der Waals surface area contributed by atoms with Crippen molar-refractivity contribution in [3.8, 4) is 0 Å². The fourth-order valence-corrected chi connectivity index (χ4v) is 3.44. The van der Waals surface area contributed by atoms with Gasteiger partial charge in [-0.1, -0.05) is 12.2 Å². The number of hydrogen-bond donors (Lipinski definition) is 1. The molecular weight excluding hydrogens is 186 g/mol. The molecular formula is C9H17NO2S. The van der Waals surface area contributed by atoms with E-state index in [9.17, 15) is 8.42 Å². The highest BCUT2D eigenvalue weighted by atomic mass is 32.2. The van der Waals surface area contributed by atoms with Crippen molar-refractivity contribution in [3.05, 3.63) is 12.2 Å². The highest BCUT2D eigenvalue weighted by Crippen LogP contribution is 2.37. The van der Waals surface area contributed by atoms with Crippen LogP contribution in [0.1, 0.15) is 20.3 Å². The second kappa shape index (κ2) is 3.42. The van der Waals surface area contributed by atoms with Gasteiger partial charge < -0.3 is 5.73 Å². The molecule has 0 aliphatic carbocycles. The largest absolute Gasteiger partial charge is 0.327 e. The zero-order valence-corrected chi connectivity index (χ0v) is 8.97. The number of allylic oxidation sites excluding steroid dienone is 1. The van der Waals surface area contributed by atoms with Gasteiger partial charge in [-0.05, 0) is 26.2 Å². The van der Waals surface area contributed by atoms with Crippen LogP contribution in [0.25, 0.3) is 0 Å². The molecule has 4 heteroatoms. The Morgan fingerprint density at radius 2 is 2.15 bits per heavy atom. The lowest BCUT2D eigenvalue weighted by atomic mass is 9.92. The maximum absolute atomic E-state index is 11.6. The lowest BCUT2D eigenvalue weighted by Crippen LogP contribution is -2.32. The number of sulfone groups is 1. The summed E-state index contributed by atoms with van der Waals surface area (Å²) in [5.41, 5.74) is 5.33. The van der Waals surface area contributed by atoms with E-state index in [0.29, 0.717) is 12.3 Å². The van der Waals surface area contributed by atoms with Gasteiger partial charge in [-0.3, -0.25) is 0 Å². The summed E-state index contributed by atoms with van der Waals surface area (Å²) in [4.78, 5) is 0. The molecule has 76 valence electrons. The normalized spacial score (nSPS) is 31.2. The van der Waals surface area contributed by atoms with E-state index >= 15 is 0 Å². The van der Waals surface area contributed by atoms with Crippen molar-refractivity contribution in [3.63, 3.8) is 0 Å². The summed E-state index contributed by atoms with van der Waals surface area (Å²) in [6.07, 6.45) is 4.50. The molecule has 1 rings (SSSR count). The van der Waals surface area contributed by atoms with Crippen LogP contribution in [0.5, 0.6) is 0 Å². The molecule has 1 unspecified atom stereocenters. The molecule has 0 radical (unpaired) electrons. The zero-order chi connectivity index (χ0) is 10.1. The molecule has 1 atom stereocenters. The second-order valence-corrected chi connectivity index (χ2v) is 6.67. The number of nitrogens with two attached hydrogens (primary N) is 1. The van der Waals surface area contributed by atoms with Crippen LogP contribution in [0.15, 0.2) is 12.2 Å². The lowest BCUT2D eigenvalue weighted by molar-refractivity contribution is 0.495. The summed E-state index contributed by atoms with van der Waals surface area (Å²) in [6.45, 7) is 4.06. The van der Waals surface area contributed by atoms with Crippen molar-refractivity contribution in [2.24, 2.45) is 11.7 Å². The molecule has 1 heterocycles. The van der Waals surface area contributed by atoms with Crippen LogP contribution in [0.4, 0.5) is 0 Å². The molecule has 0 amide bonds. The SMILES string of the molecule is CC1(C)C(/C=C/CN)CCS1(=O)=O. The Morgan fingerprint density at radius 3 is 2.54 bits per heavy atom. The van der Waals surface area contributed by atoms with E-state index in [1.807, 2.05) is 12.2 Å². The van der Waals surface area contributed by atoms with Crippen LogP contribution in [0.2, 0.25) is 0 Å². The van der Waals surface area contributed by atoms with Gasteiger partial charge in [-0.25, -0.2) is 8.42 Å². The van der Waals surface area contributed by atoms with E-state index in [4.69, 9.17) is 5.73 Å². The van der Waals surface area contributed by atoms with Crippen molar-refractivity contribution >= 4 is 9.84 Å². The van der Waals surface area contributed by atoms with Crippen LogP contribution >= 0.6 is 0 Å². The average molecular weight is 203 g/mol. The van der Waals surface area contributed by atoms with Gasteiger partial charge >= 0.3 is 0 Å². The highest BCUT2D eigenvalue weighted by molar-refractivity contribution is 7.93. The number of rotatable bonds is 2. The molecule has 1 aliphatic rings. The van der Waals surface area contributed by atoms with E-state index in [1.54, 1.807) is 13.8 Å². The second-order valence-electron chi connectivity index (χ2n) is 3.98. The molecule has 1 aliphatic heterocycles. The van der Waals surface area contributed by atoms with Gasteiger partial charge in [0.1, 0.15) is 0 Å². The fraction of sp³-hybridized carbons (Fsp3) is 0.778. The van der Waals surface area contributed by atoms with Crippen molar-refractivity contribution in [2.45, 2.75) is 25.0 Å². The Labute approximate surface area is 79.9 Å². The number of hydrogen-bond acceptors (Lipinski definition) is 3. The van der Waals surface area contributed by atoms with E-state index < -0.39 is 14.6 Å². The van der Waals surface area contributed by atoms with Gasteiger partial charge in [0, 0.05) is 6.54 Å². The van der Waals surface area contributed by atoms with Gasteiger partial charge in [0.25, 0.3) is 0 Å². The minimum atomic E-state index is -2.90. The Balaban J connectivity index is 2.89. The van der Waals surface area contributed by atoms with Gasteiger partial charge in [0.2, 0.25) is 0 Å². The third kappa shape index (κ3) is 1.79. The Hall–Kier alpha value is -0.350. The van der Waals surface area contributed by atoms with Crippen LogP contribution in [0.3, 0.4) is 0 Å². The predicted octanol–water partition coefficient (Wildman–Crippen LogP) is 0.715. The smallest absolute Gasteiger partial charge is 0.156 e. The van der Waals surface area contributed by atoms with E-state index in [0.717, 1.165) is 6.42 Å². The first kappa shape index (κ1) is 10.7. The third-order valence-electron chi connectivity index (χ3n) is 2.90. The van der Waals surface area contributed by atoms with Crippen molar-refractivity contribution in [1.82, 2.24) is 0 Å². The Kier molecular flexibility index (Phi) is 2.82. The third-order valence-corrected chi connectivity index (χ3v) is 5.58. The molecule has 0 saturated carbocycles. The molecule has 0 aromatic rings. The van der Waals surface area contributed by atoms with Crippen molar-refractivity contribution in [1.29, 1.82) is 0 Å². The Morgan fingerprint density at radius 1 is 1.54 bits per heavy atom. The predicted molar refractivity (Wildman–Crippen MR) is 54.2 cm³/mol. The summed E-state index contributed by atoms with van der Waals surface area (Å²) in [5.74, 6) is 0.431. The lowest BCUT2D eigenvalue weighted by Gasteiger charge is -2.22. The molecule has 13 heavy (non-hydrogen) atoms. The van der Waals surface area contributed by atoms with Gasteiger partial charge in [-0.15, -0.1) is 0 Å². The van der Waals surface area contributed by atoms with Gasteiger partial charge in [-0.2, -0.15) is 0 Å². The first-order chi connectivity index (χ1) is 5.92. The molecule has 2 N–H and O–H groups in total. The topological polar surface area (TPSA) is 60.2 Å². The van der Waals surface area contributed by atoms with Crippen molar-refractivity contribution in [2.75, 3.05) is 12.3 Å². The van der Waals surface area contributed by atoms with Crippen LogP contribution in [-0.2, 0) is 9.84 Å². The van der Waals surface area contributed by atoms with E-state index in [1.165, 1.54) is 0 Å². The minimum absolute atomic E-state index is 0.126. The molecule has 0 aromatic carbocycles. The highest BCUT2D eigenvalue weighted by Gasteiger charge is 2.45. The maximum atomic E-state index is 11.6. The summed E-state index contributed by atoms with van der Waals surface area (Å²) in [7, 11) is -2.90. The van der Waals surface area contributed by atoms with Crippen LogP contribution in [-0.4, -0.2) is 25.5 Å². The van der Waals surface area contributed by atoms with Gasteiger partial charge in [0.15, 0.2) is 9.84 Å². The summed E-state index contributed by atoms with van der Waals surface area (Å²) in [5, 5.41) is 0. The molecule has 3 nitrogen and oxygen atoms in total. The Bertz CT molecular complexity index is 304. The maximum Gasteiger partial charge on any atom is 0.156 e. The van der Waals surface area contributed by atoms with E-state index in [2.05, 4.69) is 0 Å². The summed E-state index contributed by atoms with van der Waals surface area (Å²) >= 11 is 0. The average Bonchev–Trinajstić information content (AvgIpc) is 2.21.